The topological polar surface area (TPSA) is 75.4 Å². The van der Waals surface area contributed by atoms with E-state index < -0.39 is 5.91 Å². The molecule has 0 aliphatic carbocycles. The zero-order valence-electron chi connectivity index (χ0n) is 13.9. The van der Waals surface area contributed by atoms with Crippen molar-refractivity contribution >= 4 is 40.7 Å². The van der Waals surface area contributed by atoms with E-state index in [4.69, 9.17) is 28.9 Å². The number of nitrogens with two attached hydrogens (primary N) is 1. The normalized spacial score (nSPS) is 11.7. The van der Waals surface area contributed by atoms with E-state index in [0.29, 0.717) is 28.3 Å². The number of amides is 2. The van der Waals surface area contributed by atoms with Crippen molar-refractivity contribution in [2.24, 2.45) is 0 Å². The van der Waals surface area contributed by atoms with Gasteiger partial charge in [0.15, 0.2) is 0 Å². The van der Waals surface area contributed by atoms with Crippen molar-refractivity contribution in [1.82, 2.24) is 10.4 Å². The lowest BCUT2D eigenvalue weighted by molar-refractivity contribution is 0.0494. The Kier molecular flexibility index (Phi) is 6.28. The Balaban J connectivity index is 2.29. The van der Waals surface area contributed by atoms with Crippen LogP contribution in [-0.4, -0.2) is 22.9 Å². The van der Waals surface area contributed by atoms with Gasteiger partial charge in [0, 0.05) is 11.3 Å². The summed E-state index contributed by atoms with van der Waals surface area (Å²) in [6.07, 6.45) is 0.650. The zero-order chi connectivity index (χ0) is 18.6. The first-order chi connectivity index (χ1) is 11.8. The third-order valence-corrected chi connectivity index (χ3v) is 4.58. The summed E-state index contributed by atoms with van der Waals surface area (Å²) in [4.78, 5) is 25.4. The molecule has 2 amide bonds. The second kappa shape index (κ2) is 8.23. The molecule has 2 aromatic carbocycles. The molecule has 0 saturated carbocycles. The minimum Gasteiger partial charge on any atom is -0.398 e. The van der Waals surface area contributed by atoms with Crippen LogP contribution in [0.4, 0.5) is 5.69 Å². The van der Waals surface area contributed by atoms with Crippen LogP contribution in [0.25, 0.3) is 0 Å². The van der Waals surface area contributed by atoms with Crippen molar-refractivity contribution in [3.63, 3.8) is 0 Å². The Morgan fingerprint density at radius 1 is 1.16 bits per heavy atom. The average Bonchev–Trinajstić information content (AvgIpc) is 2.61. The van der Waals surface area contributed by atoms with Gasteiger partial charge >= 0.3 is 0 Å². The molecule has 0 bridgehead atoms. The molecule has 1 atom stereocenters. The summed E-state index contributed by atoms with van der Waals surface area (Å²) in [6.45, 7) is 3.76. The average molecular weight is 380 g/mol. The summed E-state index contributed by atoms with van der Waals surface area (Å²) < 4.78 is 0. The smallest absolute Gasteiger partial charge is 0.272 e. The molecule has 0 heterocycles. The van der Waals surface area contributed by atoms with Crippen LogP contribution >= 0.6 is 23.2 Å². The van der Waals surface area contributed by atoms with E-state index in [9.17, 15) is 9.59 Å². The van der Waals surface area contributed by atoms with Crippen molar-refractivity contribution in [3.05, 3.63) is 63.6 Å². The fourth-order valence-corrected chi connectivity index (χ4v) is 2.48. The van der Waals surface area contributed by atoms with Crippen molar-refractivity contribution in [2.75, 3.05) is 5.73 Å². The highest BCUT2D eigenvalue weighted by molar-refractivity contribution is 6.42. The van der Waals surface area contributed by atoms with Crippen molar-refractivity contribution < 1.29 is 9.59 Å². The summed E-state index contributed by atoms with van der Waals surface area (Å²) in [5, 5.41) is 1.92. The number of rotatable bonds is 4. The van der Waals surface area contributed by atoms with E-state index >= 15 is 0 Å². The quantitative estimate of drug-likeness (QED) is 0.618. The second-order valence-corrected chi connectivity index (χ2v) is 6.40. The third kappa shape index (κ3) is 4.44. The van der Waals surface area contributed by atoms with E-state index in [1.165, 1.54) is 11.1 Å². The number of nitrogens with zero attached hydrogens (tertiary/aromatic N) is 1. The highest BCUT2D eigenvalue weighted by Crippen LogP contribution is 2.23. The molecule has 2 rings (SSSR count). The molecule has 0 fully saturated rings. The highest BCUT2D eigenvalue weighted by Gasteiger charge is 2.24. The highest BCUT2D eigenvalue weighted by atomic mass is 35.5. The SMILES string of the molecule is CCC(C)N(NC(=O)c1ccccc1N)C(=O)c1ccc(Cl)c(Cl)c1. The molecule has 0 aromatic heterocycles. The molecule has 0 aliphatic rings. The number of nitrogen functional groups attached to an aromatic ring is 1. The Hall–Kier alpha value is -2.24. The summed E-state index contributed by atoms with van der Waals surface area (Å²) in [7, 11) is 0. The first-order valence-electron chi connectivity index (χ1n) is 7.79. The lowest BCUT2D eigenvalue weighted by Gasteiger charge is -2.29. The fourth-order valence-electron chi connectivity index (χ4n) is 2.19. The molecule has 25 heavy (non-hydrogen) atoms. The Labute approximate surface area is 156 Å². The van der Waals surface area contributed by atoms with Crippen molar-refractivity contribution in [3.8, 4) is 0 Å². The first-order valence-corrected chi connectivity index (χ1v) is 8.54. The van der Waals surface area contributed by atoms with Gasteiger partial charge in [0.05, 0.1) is 21.7 Å². The van der Waals surface area contributed by atoms with Crippen LogP contribution in [0.2, 0.25) is 10.0 Å². The van der Waals surface area contributed by atoms with Gasteiger partial charge < -0.3 is 5.73 Å². The summed E-state index contributed by atoms with van der Waals surface area (Å²) in [6, 6.07) is 11.0. The molecule has 0 spiro atoms. The van der Waals surface area contributed by atoms with Crippen LogP contribution in [0.3, 0.4) is 0 Å². The largest absolute Gasteiger partial charge is 0.398 e. The second-order valence-electron chi connectivity index (χ2n) is 5.59. The van der Waals surface area contributed by atoms with Gasteiger partial charge in [-0.2, -0.15) is 0 Å². The van der Waals surface area contributed by atoms with Crippen LogP contribution in [0, 0.1) is 0 Å². The number of carbonyl (C=O) groups is 2. The zero-order valence-corrected chi connectivity index (χ0v) is 15.4. The minimum atomic E-state index is -0.452. The number of hydrazine groups is 1. The van der Waals surface area contributed by atoms with Crippen LogP contribution in [-0.2, 0) is 0 Å². The molecule has 0 radical (unpaired) electrons. The number of carbonyl (C=O) groups excluding carboxylic acids is 2. The van der Waals surface area contributed by atoms with Crippen LogP contribution < -0.4 is 11.2 Å². The Bertz CT molecular complexity index is 796. The van der Waals surface area contributed by atoms with E-state index in [1.54, 1.807) is 36.4 Å². The van der Waals surface area contributed by atoms with Gasteiger partial charge in [0.1, 0.15) is 0 Å². The van der Waals surface area contributed by atoms with E-state index in [0.717, 1.165) is 0 Å². The van der Waals surface area contributed by atoms with Gasteiger partial charge in [-0.3, -0.25) is 15.0 Å². The predicted octanol–water partition coefficient (Wildman–Crippen LogP) is 4.16. The van der Waals surface area contributed by atoms with Crippen LogP contribution in [0.5, 0.6) is 0 Å². The molecular weight excluding hydrogens is 361 g/mol. The Morgan fingerprint density at radius 3 is 2.44 bits per heavy atom. The van der Waals surface area contributed by atoms with Crippen LogP contribution in [0.15, 0.2) is 42.5 Å². The van der Waals surface area contributed by atoms with Gasteiger partial charge in [-0.05, 0) is 43.7 Å². The lowest BCUT2D eigenvalue weighted by Crippen LogP contribution is -2.51. The number of hydrogen-bond acceptors (Lipinski definition) is 3. The molecule has 1 unspecified atom stereocenters. The van der Waals surface area contributed by atoms with Gasteiger partial charge in [-0.15, -0.1) is 0 Å². The molecular formula is C18H19Cl2N3O2. The monoisotopic (exact) mass is 379 g/mol. The predicted molar refractivity (Wildman–Crippen MR) is 101 cm³/mol. The summed E-state index contributed by atoms with van der Waals surface area (Å²) in [5.74, 6) is -0.831. The first kappa shape index (κ1) is 19.1. The van der Waals surface area contributed by atoms with Gasteiger partial charge in [-0.1, -0.05) is 42.3 Å². The summed E-state index contributed by atoms with van der Waals surface area (Å²) >= 11 is 11.9. The van der Waals surface area contributed by atoms with E-state index in [-0.39, 0.29) is 17.0 Å². The fraction of sp³-hybridized carbons (Fsp3) is 0.222. The number of hydrogen-bond donors (Lipinski definition) is 2. The Morgan fingerprint density at radius 2 is 1.84 bits per heavy atom. The molecule has 7 heteroatoms. The molecule has 0 aliphatic heterocycles. The number of halogens is 2. The number of anilines is 1. The maximum absolute atomic E-state index is 12.8. The molecule has 3 N–H and O–H groups in total. The van der Waals surface area contributed by atoms with Crippen molar-refractivity contribution in [2.45, 2.75) is 26.3 Å². The number of para-hydroxylation sites is 1. The summed E-state index contributed by atoms with van der Waals surface area (Å²) in [5.41, 5.74) is 9.45. The molecule has 5 nitrogen and oxygen atoms in total. The van der Waals surface area contributed by atoms with Gasteiger partial charge in [0.25, 0.3) is 11.8 Å². The standard InChI is InChI=1S/C18H19Cl2N3O2/c1-3-11(2)23(18(25)12-8-9-14(19)15(20)10-12)22-17(24)13-6-4-5-7-16(13)21/h4-11H,3,21H2,1-2H3,(H,22,24). The van der Waals surface area contributed by atoms with Crippen molar-refractivity contribution in [1.29, 1.82) is 0 Å². The van der Waals surface area contributed by atoms with E-state index in [2.05, 4.69) is 5.43 Å². The number of benzene rings is 2. The molecule has 0 saturated heterocycles. The maximum atomic E-state index is 12.8. The molecule has 132 valence electrons. The minimum absolute atomic E-state index is 0.226. The van der Waals surface area contributed by atoms with Gasteiger partial charge in [-0.25, -0.2) is 5.01 Å². The lowest BCUT2D eigenvalue weighted by atomic mass is 10.1. The molecule has 2 aromatic rings. The van der Waals surface area contributed by atoms with Crippen LogP contribution in [0.1, 0.15) is 41.0 Å². The van der Waals surface area contributed by atoms with Gasteiger partial charge in [0.2, 0.25) is 0 Å². The van der Waals surface area contributed by atoms with E-state index in [1.807, 2.05) is 13.8 Å². The number of nitrogens with one attached hydrogen (secondary N) is 1. The maximum Gasteiger partial charge on any atom is 0.272 e. The third-order valence-electron chi connectivity index (χ3n) is 3.84.